The molecule has 1 amide bonds. The summed E-state index contributed by atoms with van der Waals surface area (Å²) in [6, 6.07) is 9.81. The van der Waals surface area contributed by atoms with Crippen molar-refractivity contribution in [3.8, 4) is 0 Å². The van der Waals surface area contributed by atoms with E-state index in [1.54, 1.807) is 13.2 Å². The number of nitrogens with one attached hydrogen (secondary N) is 3. The maximum Gasteiger partial charge on any atom is 0.221 e. The number of amides is 1. The van der Waals surface area contributed by atoms with Crippen LogP contribution in [0.3, 0.4) is 0 Å². The zero-order valence-corrected chi connectivity index (χ0v) is 14.3. The normalized spacial score (nSPS) is 11.2. The van der Waals surface area contributed by atoms with Crippen molar-refractivity contribution in [2.75, 3.05) is 18.9 Å². The number of carbonyl (C=O) groups excluding carboxylic acids is 1. The minimum absolute atomic E-state index is 0.0623. The Balaban J connectivity index is 1.75. The lowest BCUT2D eigenvalue weighted by molar-refractivity contribution is -0.114. The van der Waals surface area contributed by atoms with Crippen molar-refractivity contribution in [3.05, 3.63) is 47.8 Å². The van der Waals surface area contributed by atoms with Gasteiger partial charge in [-0.3, -0.25) is 14.5 Å². The summed E-state index contributed by atoms with van der Waals surface area (Å²) in [5, 5.41) is 13.4. The number of hydrogen-bond acceptors (Lipinski definition) is 3. The lowest BCUT2D eigenvalue weighted by atomic mass is 10.1. The molecule has 0 fully saturated rings. The third-order valence-corrected chi connectivity index (χ3v) is 3.56. The fraction of sp³-hybridized carbons (Fsp3) is 0.353. The van der Waals surface area contributed by atoms with Gasteiger partial charge in [-0.2, -0.15) is 5.10 Å². The number of carbonyl (C=O) groups is 1. The molecular weight excluding hydrogens is 304 g/mol. The summed E-state index contributed by atoms with van der Waals surface area (Å²) in [6.45, 7) is 2.94. The second-order valence-corrected chi connectivity index (χ2v) is 5.43. The molecule has 0 atom stereocenters. The number of guanidine groups is 1. The van der Waals surface area contributed by atoms with Crippen molar-refractivity contribution >= 4 is 17.6 Å². The fourth-order valence-electron chi connectivity index (χ4n) is 2.25. The van der Waals surface area contributed by atoms with Crippen LogP contribution < -0.4 is 16.0 Å². The van der Waals surface area contributed by atoms with Gasteiger partial charge in [-0.1, -0.05) is 12.1 Å². The quantitative estimate of drug-likeness (QED) is 0.551. The van der Waals surface area contributed by atoms with Crippen LogP contribution in [0.25, 0.3) is 0 Å². The van der Waals surface area contributed by atoms with Crippen LogP contribution in [0.15, 0.2) is 41.5 Å². The summed E-state index contributed by atoms with van der Waals surface area (Å²) in [5.41, 5.74) is 3.10. The zero-order valence-electron chi connectivity index (χ0n) is 14.3. The van der Waals surface area contributed by atoms with E-state index in [4.69, 9.17) is 0 Å². The number of aryl methyl sites for hydroxylation is 1. The fourth-order valence-corrected chi connectivity index (χ4v) is 2.25. The SMILES string of the molecule is CN=C(NCCc1ccc(NC(C)=O)cc1)NCc1ccnn1C. The monoisotopic (exact) mass is 328 g/mol. The molecule has 1 aromatic carbocycles. The van der Waals surface area contributed by atoms with E-state index in [2.05, 4.69) is 26.0 Å². The highest BCUT2D eigenvalue weighted by Gasteiger charge is 2.02. The van der Waals surface area contributed by atoms with Crippen LogP contribution in [0.5, 0.6) is 0 Å². The molecule has 0 radical (unpaired) electrons. The van der Waals surface area contributed by atoms with Crippen molar-refractivity contribution in [2.24, 2.45) is 12.0 Å². The van der Waals surface area contributed by atoms with E-state index in [0.29, 0.717) is 6.54 Å². The summed E-state index contributed by atoms with van der Waals surface area (Å²) in [6.07, 6.45) is 2.64. The first-order valence-electron chi connectivity index (χ1n) is 7.86. The average molecular weight is 328 g/mol. The van der Waals surface area contributed by atoms with E-state index in [1.165, 1.54) is 12.5 Å². The first-order valence-corrected chi connectivity index (χ1v) is 7.86. The number of aliphatic imine (C=N–C) groups is 1. The third kappa shape index (κ3) is 5.42. The van der Waals surface area contributed by atoms with Crippen molar-refractivity contribution in [1.29, 1.82) is 0 Å². The van der Waals surface area contributed by atoms with Crippen LogP contribution in [0.4, 0.5) is 5.69 Å². The number of aromatic nitrogens is 2. The Morgan fingerprint density at radius 3 is 2.54 bits per heavy atom. The molecule has 24 heavy (non-hydrogen) atoms. The van der Waals surface area contributed by atoms with Gasteiger partial charge < -0.3 is 16.0 Å². The van der Waals surface area contributed by atoms with Crippen molar-refractivity contribution in [3.63, 3.8) is 0 Å². The second-order valence-electron chi connectivity index (χ2n) is 5.43. The van der Waals surface area contributed by atoms with Gasteiger partial charge in [0.05, 0.1) is 12.2 Å². The molecule has 3 N–H and O–H groups in total. The molecule has 2 aromatic rings. The molecule has 7 nitrogen and oxygen atoms in total. The van der Waals surface area contributed by atoms with Gasteiger partial charge in [0, 0.05) is 39.4 Å². The van der Waals surface area contributed by atoms with Gasteiger partial charge in [0.1, 0.15) is 0 Å². The van der Waals surface area contributed by atoms with Gasteiger partial charge in [-0.15, -0.1) is 0 Å². The molecule has 0 aliphatic heterocycles. The van der Waals surface area contributed by atoms with Crippen LogP contribution in [-0.2, 0) is 24.8 Å². The molecule has 2 rings (SSSR count). The standard InChI is InChI=1S/C17H24N6O/c1-13(24)22-15-6-4-14(5-7-15)8-10-19-17(18-2)20-12-16-9-11-21-23(16)3/h4-7,9,11H,8,10,12H2,1-3H3,(H,22,24)(H2,18,19,20). The molecule has 0 spiro atoms. The van der Waals surface area contributed by atoms with Crippen LogP contribution in [0.1, 0.15) is 18.2 Å². The lowest BCUT2D eigenvalue weighted by Gasteiger charge is -2.12. The van der Waals surface area contributed by atoms with Gasteiger partial charge in [0.25, 0.3) is 0 Å². The van der Waals surface area contributed by atoms with Crippen molar-refractivity contribution in [2.45, 2.75) is 19.9 Å². The number of anilines is 1. The molecule has 0 saturated heterocycles. The Hall–Kier alpha value is -2.83. The maximum atomic E-state index is 11.0. The number of benzene rings is 1. The number of hydrogen-bond donors (Lipinski definition) is 3. The molecular formula is C17H24N6O. The third-order valence-electron chi connectivity index (χ3n) is 3.56. The highest BCUT2D eigenvalue weighted by molar-refractivity contribution is 5.88. The lowest BCUT2D eigenvalue weighted by Crippen LogP contribution is -2.38. The Morgan fingerprint density at radius 1 is 1.21 bits per heavy atom. The van der Waals surface area contributed by atoms with Gasteiger partial charge in [-0.25, -0.2) is 0 Å². The Kier molecular flexibility index (Phi) is 6.36. The van der Waals surface area contributed by atoms with Crippen LogP contribution in [0.2, 0.25) is 0 Å². The molecule has 128 valence electrons. The van der Waals surface area contributed by atoms with Crippen LogP contribution in [0, 0.1) is 0 Å². The second kappa shape index (κ2) is 8.71. The Bertz CT molecular complexity index is 689. The number of nitrogens with zero attached hydrogens (tertiary/aromatic N) is 3. The van der Waals surface area contributed by atoms with Crippen LogP contribution >= 0.6 is 0 Å². The van der Waals surface area contributed by atoms with Gasteiger partial charge in [-0.05, 0) is 30.2 Å². The van der Waals surface area contributed by atoms with Crippen molar-refractivity contribution in [1.82, 2.24) is 20.4 Å². The van der Waals surface area contributed by atoms with E-state index in [1.807, 2.05) is 42.1 Å². The molecule has 0 unspecified atom stereocenters. The minimum Gasteiger partial charge on any atom is -0.356 e. The van der Waals surface area contributed by atoms with Gasteiger partial charge in [0.15, 0.2) is 5.96 Å². The first-order chi connectivity index (χ1) is 11.6. The van der Waals surface area contributed by atoms with E-state index >= 15 is 0 Å². The molecule has 0 bridgehead atoms. The van der Waals surface area contributed by atoms with E-state index in [9.17, 15) is 4.79 Å². The highest BCUT2D eigenvalue weighted by Crippen LogP contribution is 2.09. The van der Waals surface area contributed by atoms with E-state index in [0.717, 1.165) is 30.3 Å². The molecule has 1 heterocycles. The predicted octanol–water partition coefficient (Wildman–Crippen LogP) is 1.29. The summed E-state index contributed by atoms with van der Waals surface area (Å²) >= 11 is 0. The zero-order chi connectivity index (χ0) is 17.4. The Labute approximate surface area is 142 Å². The topological polar surface area (TPSA) is 83.3 Å². The molecule has 1 aromatic heterocycles. The minimum atomic E-state index is -0.0623. The summed E-state index contributed by atoms with van der Waals surface area (Å²) in [5.74, 6) is 0.693. The summed E-state index contributed by atoms with van der Waals surface area (Å²) in [7, 11) is 3.67. The van der Waals surface area contributed by atoms with Crippen molar-refractivity contribution < 1.29 is 4.79 Å². The maximum absolute atomic E-state index is 11.0. The van der Waals surface area contributed by atoms with Crippen LogP contribution in [-0.4, -0.2) is 35.2 Å². The van der Waals surface area contributed by atoms with E-state index < -0.39 is 0 Å². The van der Waals surface area contributed by atoms with E-state index in [-0.39, 0.29) is 5.91 Å². The molecule has 0 aliphatic carbocycles. The predicted molar refractivity (Wildman–Crippen MR) is 95.9 cm³/mol. The highest BCUT2D eigenvalue weighted by atomic mass is 16.1. The van der Waals surface area contributed by atoms with Gasteiger partial charge in [0.2, 0.25) is 5.91 Å². The number of rotatable bonds is 6. The summed E-state index contributed by atoms with van der Waals surface area (Å²) in [4.78, 5) is 15.2. The molecule has 0 saturated carbocycles. The largest absolute Gasteiger partial charge is 0.356 e. The smallest absolute Gasteiger partial charge is 0.221 e. The molecule has 7 heteroatoms. The summed E-state index contributed by atoms with van der Waals surface area (Å²) < 4.78 is 1.83. The first kappa shape index (κ1) is 17.5. The average Bonchev–Trinajstić information content (AvgIpc) is 2.97. The Morgan fingerprint density at radius 2 is 1.96 bits per heavy atom. The van der Waals surface area contributed by atoms with Gasteiger partial charge >= 0.3 is 0 Å². The molecule has 0 aliphatic rings.